The number of alkyl halides is 1. The molecule has 0 fully saturated rings. The highest BCUT2D eigenvalue weighted by molar-refractivity contribution is 6.19. The summed E-state index contributed by atoms with van der Waals surface area (Å²) in [5.74, 6) is -0.228. The number of hydrogen-bond acceptors (Lipinski definition) is 3. The second-order valence-corrected chi connectivity index (χ2v) is 4.44. The van der Waals surface area contributed by atoms with Crippen LogP contribution in [0.4, 0.5) is 5.82 Å². The summed E-state index contributed by atoms with van der Waals surface area (Å²) in [5.41, 5.74) is 1.61. The number of nitrogens with one attached hydrogen (secondary N) is 1. The van der Waals surface area contributed by atoms with Crippen LogP contribution in [0.5, 0.6) is 0 Å². The lowest BCUT2D eigenvalue weighted by atomic mass is 10.3. The molecule has 1 heterocycles. The van der Waals surface area contributed by atoms with Crippen molar-refractivity contribution in [1.29, 1.82) is 0 Å². The summed E-state index contributed by atoms with van der Waals surface area (Å²) in [4.78, 5) is 11.7. The minimum Gasteiger partial charge on any atom is -0.511 e. The van der Waals surface area contributed by atoms with E-state index < -0.39 is 5.91 Å². The van der Waals surface area contributed by atoms with Gasteiger partial charge in [-0.25, -0.2) is 4.68 Å². The van der Waals surface area contributed by atoms with Crippen molar-refractivity contribution in [2.75, 3.05) is 11.2 Å². The average molecular weight is 292 g/mol. The molecule has 0 aliphatic carbocycles. The number of aliphatic hydroxyl groups excluding tert-OH is 1. The topological polar surface area (TPSA) is 67.2 Å². The molecule has 20 heavy (non-hydrogen) atoms. The Bertz CT molecular complexity index is 635. The van der Waals surface area contributed by atoms with Gasteiger partial charge >= 0.3 is 0 Å². The number of nitrogens with zero attached hydrogens (tertiary/aromatic N) is 2. The number of benzene rings is 1. The van der Waals surface area contributed by atoms with Crippen LogP contribution in [-0.4, -0.2) is 26.7 Å². The predicted octanol–water partition coefficient (Wildman–Crippen LogP) is 2.80. The van der Waals surface area contributed by atoms with E-state index in [1.165, 1.54) is 0 Å². The molecule has 0 unspecified atom stereocenters. The number of halogens is 1. The fourth-order valence-corrected chi connectivity index (χ4v) is 1.78. The summed E-state index contributed by atoms with van der Waals surface area (Å²) >= 11 is 5.41. The van der Waals surface area contributed by atoms with E-state index >= 15 is 0 Å². The van der Waals surface area contributed by atoms with E-state index in [1.807, 2.05) is 37.3 Å². The van der Waals surface area contributed by atoms with Crippen LogP contribution in [0.1, 0.15) is 5.69 Å². The van der Waals surface area contributed by atoms with Crippen LogP contribution >= 0.6 is 11.6 Å². The molecule has 0 aliphatic heterocycles. The predicted molar refractivity (Wildman–Crippen MR) is 78.4 cm³/mol. The molecule has 104 valence electrons. The van der Waals surface area contributed by atoms with Crippen LogP contribution in [0, 0.1) is 6.92 Å². The number of hydrogen-bond donors (Lipinski definition) is 2. The highest BCUT2D eigenvalue weighted by atomic mass is 35.5. The van der Waals surface area contributed by atoms with Gasteiger partial charge in [-0.15, -0.1) is 11.6 Å². The molecule has 0 saturated carbocycles. The smallest absolute Gasteiger partial charge is 0.252 e. The second kappa shape index (κ2) is 6.25. The number of carbonyl (C=O) groups excluding carboxylic acids is 1. The third kappa shape index (κ3) is 3.39. The Kier molecular flexibility index (Phi) is 4.42. The molecule has 0 spiro atoms. The molecule has 0 atom stereocenters. The summed E-state index contributed by atoms with van der Waals surface area (Å²) in [6.45, 7) is 1.83. The zero-order valence-electron chi connectivity index (χ0n) is 10.9. The highest BCUT2D eigenvalue weighted by Gasteiger charge is 2.09. The molecule has 0 saturated heterocycles. The fourth-order valence-electron chi connectivity index (χ4n) is 1.71. The average Bonchev–Trinajstić information content (AvgIpc) is 2.80. The Morgan fingerprint density at radius 2 is 2.15 bits per heavy atom. The number of amides is 1. The number of anilines is 1. The van der Waals surface area contributed by atoms with Gasteiger partial charge in [0.05, 0.1) is 17.3 Å². The molecule has 0 bridgehead atoms. The van der Waals surface area contributed by atoms with Crippen LogP contribution in [-0.2, 0) is 4.79 Å². The van der Waals surface area contributed by atoms with Crippen molar-refractivity contribution in [3.05, 3.63) is 53.9 Å². The van der Waals surface area contributed by atoms with Gasteiger partial charge in [0.1, 0.15) is 11.6 Å². The van der Waals surface area contributed by atoms with Gasteiger partial charge in [0, 0.05) is 12.1 Å². The summed E-state index contributed by atoms with van der Waals surface area (Å²) in [5, 5.41) is 16.2. The van der Waals surface area contributed by atoms with Crippen molar-refractivity contribution in [3.63, 3.8) is 0 Å². The van der Waals surface area contributed by atoms with Gasteiger partial charge in [-0.2, -0.15) is 5.10 Å². The number of rotatable bonds is 4. The quantitative estimate of drug-likeness (QED) is 0.517. The first-order valence-electron chi connectivity index (χ1n) is 5.98. The molecule has 0 aliphatic rings. The maximum Gasteiger partial charge on any atom is 0.252 e. The van der Waals surface area contributed by atoms with E-state index in [0.29, 0.717) is 5.82 Å². The zero-order chi connectivity index (χ0) is 14.5. The summed E-state index contributed by atoms with van der Waals surface area (Å²) < 4.78 is 1.62. The lowest BCUT2D eigenvalue weighted by Gasteiger charge is -2.07. The van der Waals surface area contributed by atoms with Crippen LogP contribution in [0.15, 0.2) is 48.2 Å². The van der Waals surface area contributed by atoms with Gasteiger partial charge in [0.25, 0.3) is 5.91 Å². The molecule has 0 radical (unpaired) electrons. The van der Waals surface area contributed by atoms with Gasteiger partial charge in [0.2, 0.25) is 0 Å². The van der Waals surface area contributed by atoms with Gasteiger partial charge in [-0.1, -0.05) is 18.2 Å². The number of aliphatic hydroxyl groups is 1. The Morgan fingerprint density at radius 1 is 1.45 bits per heavy atom. The van der Waals surface area contributed by atoms with Crippen LogP contribution < -0.4 is 5.32 Å². The van der Waals surface area contributed by atoms with Crippen molar-refractivity contribution in [2.24, 2.45) is 0 Å². The van der Waals surface area contributed by atoms with Gasteiger partial charge in [0.15, 0.2) is 0 Å². The van der Waals surface area contributed by atoms with E-state index in [-0.39, 0.29) is 11.6 Å². The molecule has 6 heteroatoms. The maximum absolute atomic E-state index is 11.7. The Labute approximate surface area is 121 Å². The van der Waals surface area contributed by atoms with E-state index in [1.54, 1.807) is 10.7 Å². The van der Waals surface area contributed by atoms with Crippen LogP contribution in [0.25, 0.3) is 5.69 Å². The lowest BCUT2D eigenvalue weighted by molar-refractivity contribution is -0.112. The lowest BCUT2D eigenvalue weighted by Crippen LogP contribution is -2.13. The normalized spacial score (nSPS) is 11.4. The third-order valence-corrected chi connectivity index (χ3v) is 2.79. The van der Waals surface area contributed by atoms with E-state index in [4.69, 9.17) is 11.6 Å². The Morgan fingerprint density at radius 3 is 2.80 bits per heavy atom. The van der Waals surface area contributed by atoms with Crippen molar-refractivity contribution in [1.82, 2.24) is 9.78 Å². The standard InChI is InChI=1S/C14H14ClN3O2/c1-10-7-13(16-14(20)8-12(19)9-15)18(17-10)11-5-3-2-4-6-11/h2-8,19H,9H2,1H3,(H,16,20). The molecular weight excluding hydrogens is 278 g/mol. The molecule has 1 aromatic heterocycles. The van der Waals surface area contributed by atoms with Gasteiger partial charge < -0.3 is 10.4 Å². The van der Waals surface area contributed by atoms with Gasteiger partial charge in [-0.3, -0.25) is 4.79 Å². The summed E-state index contributed by atoms with van der Waals surface area (Å²) in [6, 6.07) is 11.2. The molecule has 2 rings (SSSR count). The minimum atomic E-state index is -0.458. The highest BCUT2D eigenvalue weighted by Crippen LogP contribution is 2.16. The second-order valence-electron chi connectivity index (χ2n) is 4.18. The number of para-hydroxylation sites is 1. The van der Waals surface area contributed by atoms with Crippen molar-refractivity contribution in [2.45, 2.75) is 6.92 Å². The zero-order valence-corrected chi connectivity index (χ0v) is 11.6. The fraction of sp³-hybridized carbons (Fsp3) is 0.143. The van der Waals surface area contributed by atoms with Crippen molar-refractivity contribution >= 4 is 23.3 Å². The third-order valence-electron chi connectivity index (χ3n) is 2.52. The number of allylic oxidation sites excluding steroid dienone is 1. The molecule has 2 aromatic rings. The molecule has 1 amide bonds. The summed E-state index contributed by atoms with van der Waals surface area (Å²) in [7, 11) is 0. The monoisotopic (exact) mass is 291 g/mol. The number of carbonyl (C=O) groups is 1. The molecule has 1 aromatic carbocycles. The molecular formula is C14H14ClN3O2. The van der Waals surface area contributed by atoms with Gasteiger partial charge in [-0.05, 0) is 19.1 Å². The SMILES string of the molecule is Cc1cc(NC(=O)C=C(O)CCl)n(-c2ccccc2)n1. The first kappa shape index (κ1) is 14.1. The Balaban J connectivity index is 2.27. The van der Waals surface area contributed by atoms with Crippen molar-refractivity contribution in [3.8, 4) is 5.69 Å². The number of aromatic nitrogens is 2. The maximum atomic E-state index is 11.7. The first-order valence-corrected chi connectivity index (χ1v) is 6.52. The summed E-state index contributed by atoms with van der Waals surface area (Å²) in [6.07, 6.45) is 1.05. The van der Waals surface area contributed by atoms with E-state index in [0.717, 1.165) is 17.5 Å². The first-order chi connectivity index (χ1) is 9.60. The Hall–Kier alpha value is -2.27. The van der Waals surface area contributed by atoms with E-state index in [2.05, 4.69) is 10.4 Å². The molecule has 5 nitrogen and oxygen atoms in total. The van der Waals surface area contributed by atoms with Crippen molar-refractivity contribution < 1.29 is 9.90 Å². The largest absolute Gasteiger partial charge is 0.511 e. The van der Waals surface area contributed by atoms with Crippen LogP contribution in [0.2, 0.25) is 0 Å². The number of aryl methyl sites for hydroxylation is 1. The van der Waals surface area contributed by atoms with Crippen LogP contribution in [0.3, 0.4) is 0 Å². The molecule has 2 N–H and O–H groups in total. The minimum absolute atomic E-state index is 0.107. The van der Waals surface area contributed by atoms with E-state index in [9.17, 15) is 9.90 Å².